The average molecular weight is 449 g/mol. The van der Waals surface area contributed by atoms with Crippen molar-refractivity contribution in [1.29, 1.82) is 0 Å². The number of nitrogens with one attached hydrogen (secondary N) is 2. The molecule has 1 fully saturated rings. The zero-order chi connectivity index (χ0) is 22.4. The van der Waals surface area contributed by atoms with E-state index in [1.54, 1.807) is 31.5 Å². The van der Waals surface area contributed by atoms with Crippen LogP contribution in [-0.4, -0.2) is 48.7 Å². The van der Waals surface area contributed by atoms with Gasteiger partial charge in [-0.15, -0.1) is 0 Å². The van der Waals surface area contributed by atoms with Gasteiger partial charge in [0.15, 0.2) is 0 Å². The highest BCUT2D eigenvalue weighted by molar-refractivity contribution is 7.89. The molecule has 31 heavy (non-hydrogen) atoms. The minimum atomic E-state index is -3.83. The van der Waals surface area contributed by atoms with E-state index in [2.05, 4.69) is 15.6 Å². The van der Waals surface area contributed by atoms with Gasteiger partial charge < -0.3 is 10.6 Å². The van der Waals surface area contributed by atoms with Gasteiger partial charge in [0, 0.05) is 32.0 Å². The van der Waals surface area contributed by atoms with Crippen LogP contribution in [0.4, 0.5) is 4.39 Å². The maximum absolute atomic E-state index is 13.1. The largest absolute Gasteiger partial charge is 0.350 e. The van der Waals surface area contributed by atoms with E-state index in [0.29, 0.717) is 19.4 Å². The zero-order valence-corrected chi connectivity index (χ0v) is 17.9. The molecule has 0 radical (unpaired) electrons. The fourth-order valence-electron chi connectivity index (χ4n) is 3.37. The van der Waals surface area contributed by atoms with Crippen LogP contribution in [0.5, 0.6) is 0 Å². The number of rotatable bonds is 7. The predicted molar refractivity (Wildman–Crippen MR) is 112 cm³/mol. The third kappa shape index (κ3) is 5.86. The van der Waals surface area contributed by atoms with Crippen LogP contribution >= 0.6 is 0 Å². The molecule has 2 amide bonds. The quantitative estimate of drug-likeness (QED) is 0.666. The summed E-state index contributed by atoms with van der Waals surface area (Å²) in [5.41, 5.74) is 0.885. The molecule has 8 nitrogen and oxygen atoms in total. The van der Waals surface area contributed by atoms with Crippen LogP contribution in [0, 0.1) is 11.7 Å². The smallest absolute Gasteiger partial charge is 0.243 e. The summed E-state index contributed by atoms with van der Waals surface area (Å²) in [4.78, 5) is 28.9. The van der Waals surface area contributed by atoms with Crippen LogP contribution in [0.2, 0.25) is 0 Å². The van der Waals surface area contributed by atoms with E-state index < -0.39 is 27.8 Å². The molecule has 1 aliphatic rings. The first-order valence-corrected chi connectivity index (χ1v) is 11.4. The number of carbonyl (C=O) groups is 2. The summed E-state index contributed by atoms with van der Waals surface area (Å²) in [6.45, 7) is 2.19. The van der Waals surface area contributed by atoms with Gasteiger partial charge in [-0.2, -0.15) is 4.31 Å². The number of hydrogen-bond acceptors (Lipinski definition) is 5. The molecule has 0 bridgehead atoms. The van der Waals surface area contributed by atoms with E-state index in [-0.39, 0.29) is 29.8 Å². The van der Waals surface area contributed by atoms with Crippen LogP contribution in [0.3, 0.4) is 0 Å². The third-order valence-electron chi connectivity index (χ3n) is 5.17. The van der Waals surface area contributed by atoms with Crippen LogP contribution in [0.15, 0.2) is 53.7 Å². The lowest BCUT2D eigenvalue weighted by Crippen LogP contribution is -2.50. The first-order chi connectivity index (χ1) is 14.8. The molecule has 0 unspecified atom stereocenters. The van der Waals surface area contributed by atoms with Crippen molar-refractivity contribution in [3.63, 3.8) is 0 Å². The van der Waals surface area contributed by atoms with Crippen molar-refractivity contribution in [2.24, 2.45) is 5.92 Å². The maximum atomic E-state index is 13.1. The Kier molecular flexibility index (Phi) is 7.34. The highest BCUT2D eigenvalue weighted by Gasteiger charge is 2.34. The summed E-state index contributed by atoms with van der Waals surface area (Å²) < 4.78 is 40.0. The van der Waals surface area contributed by atoms with Crippen molar-refractivity contribution in [2.75, 3.05) is 13.1 Å². The Morgan fingerprint density at radius 1 is 1.19 bits per heavy atom. The molecule has 166 valence electrons. The summed E-state index contributed by atoms with van der Waals surface area (Å²) in [5.74, 6) is -1.80. The van der Waals surface area contributed by atoms with Crippen LogP contribution in [-0.2, 0) is 26.2 Å². The highest BCUT2D eigenvalue weighted by atomic mass is 32.2. The Morgan fingerprint density at radius 2 is 1.87 bits per heavy atom. The predicted octanol–water partition coefficient (Wildman–Crippen LogP) is 1.44. The first kappa shape index (κ1) is 22.8. The standard InChI is InChI=1S/C21H25FN4O4S/c1-15(20(27)24-13-16-8-10-23-11-9-16)25-21(28)17-3-2-12-26(14-17)31(29,30)19-6-4-18(22)5-7-19/h4-11,15,17H,2-3,12-14H2,1H3,(H,24,27)(H,25,28)/t15-,17+/m0/s1. The monoisotopic (exact) mass is 448 g/mol. The van der Waals surface area contributed by atoms with Gasteiger partial charge in [0.05, 0.1) is 10.8 Å². The lowest BCUT2D eigenvalue weighted by molar-refractivity contribution is -0.131. The molecule has 10 heteroatoms. The van der Waals surface area contributed by atoms with Gasteiger partial charge in [-0.3, -0.25) is 14.6 Å². The molecule has 2 heterocycles. The van der Waals surface area contributed by atoms with Crippen LogP contribution in [0.1, 0.15) is 25.3 Å². The van der Waals surface area contributed by atoms with Gasteiger partial charge >= 0.3 is 0 Å². The Labute approximate surface area is 180 Å². The molecule has 2 N–H and O–H groups in total. The summed E-state index contributed by atoms with van der Waals surface area (Å²) in [6.07, 6.45) is 4.29. The minimum Gasteiger partial charge on any atom is -0.350 e. The van der Waals surface area contributed by atoms with E-state index in [1.807, 2.05) is 0 Å². The van der Waals surface area contributed by atoms with Gasteiger partial charge in [-0.25, -0.2) is 12.8 Å². The van der Waals surface area contributed by atoms with E-state index in [1.165, 1.54) is 16.4 Å². The van der Waals surface area contributed by atoms with E-state index in [4.69, 9.17) is 0 Å². The summed E-state index contributed by atoms with van der Waals surface area (Å²) in [5, 5.41) is 5.42. The molecule has 0 aliphatic carbocycles. The molecule has 1 aliphatic heterocycles. The lowest BCUT2D eigenvalue weighted by Gasteiger charge is -2.31. The molecule has 1 saturated heterocycles. The average Bonchev–Trinajstić information content (AvgIpc) is 2.78. The van der Waals surface area contributed by atoms with Gasteiger partial charge in [0.1, 0.15) is 11.9 Å². The third-order valence-corrected chi connectivity index (χ3v) is 7.05. The number of halogens is 1. The molecule has 3 rings (SSSR count). The molecular weight excluding hydrogens is 423 g/mol. The number of sulfonamides is 1. The SMILES string of the molecule is C[C@H](NC(=O)[C@@H]1CCCN(S(=O)(=O)c2ccc(F)cc2)C1)C(=O)NCc1ccncc1. The summed E-state index contributed by atoms with van der Waals surface area (Å²) in [7, 11) is -3.83. The zero-order valence-electron chi connectivity index (χ0n) is 17.1. The number of hydrogen-bond donors (Lipinski definition) is 2. The fourth-order valence-corrected chi connectivity index (χ4v) is 4.89. The number of carbonyl (C=O) groups excluding carboxylic acids is 2. The summed E-state index contributed by atoms with van der Waals surface area (Å²) >= 11 is 0. The number of amides is 2. The number of pyridine rings is 1. The topological polar surface area (TPSA) is 108 Å². The normalized spacial score (nSPS) is 18.2. The second kappa shape index (κ2) is 9.97. The number of nitrogens with zero attached hydrogens (tertiary/aromatic N) is 2. The molecule has 2 aromatic rings. The summed E-state index contributed by atoms with van der Waals surface area (Å²) in [6, 6.07) is 7.40. The van der Waals surface area contributed by atoms with Crippen molar-refractivity contribution in [3.05, 3.63) is 60.2 Å². The Balaban J connectivity index is 1.56. The van der Waals surface area contributed by atoms with Gasteiger partial charge in [0.25, 0.3) is 0 Å². The van der Waals surface area contributed by atoms with Gasteiger partial charge in [-0.05, 0) is 61.7 Å². The Morgan fingerprint density at radius 3 is 2.55 bits per heavy atom. The number of aromatic nitrogens is 1. The number of benzene rings is 1. The molecule has 1 aromatic carbocycles. The molecule has 0 spiro atoms. The van der Waals surface area contributed by atoms with Crippen molar-refractivity contribution < 1.29 is 22.4 Å². The van der Waals surface area contributed by atoms with Crippen LogP contribution < -0.4 is 10.6 Å². The van der Waals surface area contributed by atoms with E-state index in [9.17, 15) is 22.4 Å². The molecule has 0 saturated carbocycles. The van der Waals surface area contributed by atoms with Gasteiger partial charge in [0.2, 0.25) is 21.8 Å². The Bertz CT molecular complexity index is 1020. The van der Waals surface area contributed by atoms with Crippen LogP contribution in [0.25, 0.3) is 0 Å². The highest BCUT2D eigenvalue weighted by Crippen LogP contribution is 2.24. The second-order valence-corrected chi connectivity index (χ2v) is 9.40. The van der Waals surface area contributed by atoms with Crippen molar-refractivity contribution >= 4 is 21.8 Å². The van der Waals surface area contributed by atoms with E-state index in [0.717, 1.165) is 17.7 Å². The molecular formula is C21H25FN4O4S. The van der Waals surface area contributed by atoms with Gasteiger partial charge in [-0.1, -0.05) is 0 Å². The lowest BCUT2D eigenvalue weighted by atomic mass is 9.98. The van der Waals surface area contributed by atoms with Crippen molar-refractivity contribution in [2.45, 2.75) is 37.2 Å². The molecule has 1 aromatic heterocycles. The Hall–Kier alpha value is -2.85. The van der Waals surface area contributed by atoms with Crippen molar-refractivity contribution in [3.8, 4) is 0 Å². The van der Waals surface area contributed by atoms with E-state index >= 15 is 0 Å². The second-order valence-electron chi connectivity index (χ2n) is 7.46. The molecule has 2 atom stereocenters. The minimum absolute atomic E-state index is 0.0108. The maximum Gasteiger partial charge on any atom is 0.243 e. The van der Waals surface area contributed by atoms with Crippen molar-refractivity contribution in [1.82, 2.24) is 19.9 Å². The fraction of sp³-hybridized carbons (Fsp3) is 0.381. The number of piperidine rings is 1. The first-order valence-electron chi connectivity index (χ1n) is 10.00.